The second kappa shape index (κ2) is 10.1. The molecule has 0 saturated heterocycles. The fourth-order valence-corrected chi connectivity index (χ4v) is 5.23. The highest BCUT2D eigenvalue weighted by molar-refractivity contribution is 5.77. The molecule has 39 heavy (non-hydrogen) atoms. The lowest BCUT2D eigenvalue weighted by Gasteiger charge is -2.28. The van der Waals surface area contributed by atoms with E-state index in [9.17, 15) is 14.4 Å². The Bertz CT molecular complexity index is 1520. The van der Waals surface area contributed by atoms with Crippen LogP contribution in [0, 0.1) is 0 Å². The van der Waals surface area contributed by atoms with E-state index in [4.69, 9.17) is 9.47 Å². The van der Waals surface area contributed by atoms with Crippen LogP contribution in [0.1, 0.15) is 71.6 Å². The predicted octanol–water partition coefficient (Wildman–Crippen LogP) is 5.23. The van der Waals surface area contributed by atoms with Gasteiger partial charge in [0.05, 0.1) is 12.8 Å². The van der Waals surface area contributed by atoms with E-state index in [1.54, 1.807) is 7.11 Å². The smallest absolute Gasteiger partial charge is 0.407 e. The van der Waals surface area contributed by atoms with Gasteiger partial charge in [-0.3, -0.25) is 14.3 Å². The Morgan fingerprint density at radius 2 is 1.79 bits per heavy atom. The molecule has 0 spiro atoms. The number of nitrogens with zero attached hydrogens (tertiary/aromatic N) is 1. The fourth-order valence-electron chi connectivity index (χ4n) is 5.23. The van der Waals surface area contributed by atoms with Gasteiger partial charge in [0.25, 0.3) is 5.56 Å². The van der Waals surface area contributed by atoms with Crippen molar-refractivity contribution in [3.63, 3.8) is 0 Å². The zero-order valence-electron chi connectivity index (χ0n) is 24.2. The second-order valence-electron chi connectivity index (χ2n) is 12.6. The minimum atomic E-state index is -0.548. The van der Waals surface area contributed by atoms with Crippen molar-refractivity contribution in [3.8, 4) is 22.6 Å². The number of amides is 1. The quantitative estimate of drug-likeness (QED) is 0.468. The maximum absolute atomic E-state index is 12.7. The van der Waals surface area contributed by atoms with Crippen LogP contribution >= 0.6 is 0 Å². The molecule has 1 aliphatic carbocycles. The lowest BCUT2D eigenvalue weighted by atomic mass is 9.82. The summed E-state index contributed by atoms with van der Waals surface area (Å²) in [5.41, 5.74) is 3.86. The van der Waals surface area contributed by atoms with Crippen LogP contribution in [0.25, 0.3) is 16.8 Å². The van der Waals surface area contributed by atoms with Crippen LogP contribution in [0.4, 0.5) is 4.79 Å². The number of methoxy groups -OCH3 is 1. The van der Waals surface area contributed by atoms with Crippen molar-refractivity contribution >= 4 is 6.09 Å². The maximum atomic E-state index is 12.7. The average molecular weight is 534 g/mol. The van der Waals surface area contributed by atoms with Crippen LogP contribution in [0.2, 0.25) is 0 Å². The third-order valence-corrected chi connectivity index (χ3v) is 7.22. The van der Waals surface area contributed by atoms with Crippen molar-refractivity contribution in [1.82, 2.24) is 14.9 Å². The molecule has 208 valence electrons. The molecular weight excluding hydrogens is 494 g/mol. The Kier molecular flexibility index (Phi) is 7.27. The molecule has 1 aromatic heterocycles. The van der Waals surface area contributed by atoms with Crippen molar-refractivity contribution in [3.05, 3.63) is 80.1 Å². The van der Waals surface area contributed by atoms with E-state index < -0.39 is 22.9 Å². The molecule has 0 radical (unpaired) electrons. The normalized spacial score (nSPS) is 17.0. The number of hydrogen-bond donors (Lipinski definition) is 2. The summed E-state index contributed by atoms with van der Waals surface area (Å²) in [4.78, 5) is 39.0. The number of alkyl carbamates (subject to hydrolysis) is 1. The fraction of sp³-hybridized carbons (Fsp3) is 0.452. The summed E-state index contributed by atoms with van der Waals surface area (Å²) >= 11 is 0. The molecule has 1 unspecified atom stereocenters. The van der Waals surface area contributed by atoms with Crippen LogP contribution in [-0.4, -0.2) is 34.9 Å². The summed E-state index contributed by atoms with van der Waals surface area (Å²) in [7, 11) is 1.66. The third-order valence-electron chi connectivity index (χ3n) is 7.22. The highest BCUT2D eigenvalue weighted by Gasteiger charge is 2.35. The topological polar surface area (TPSA) is 102 Å². The number of hydrogen-bond acceptors (Lipinski definition) is 5. The Hall–Kier alpha value is -3.81. The van der Waals surface area contributed by atoms with Crippen LogP contribution in [0.3, 0.4) is 0 Å². The molecule has 8 nitrogen and oxygen atoms in total. The molecule has 1 atom stereocenters. The van der Waals surface area contributed by atoms with Gasteiger partial charge in [0.1, 0.15) is 11.4 Å². The summed E-state index contributed by atoms with van der Waals surface area (Å²) in [6.07, 6.45) is 2.86. The monoisotopic (exact) mass is 533 g/mol. The SMILES string of the molecule is COc1c(-c2ccc3c(c2)CCC3(C)CNC(=O)OC(C)(C)C)cc(-n2ccc(=O)[nH]c2=O)cc1C(C)(C)C. The highest BCUT2D eigenvalue weighted by atomic mass is 16.6. The first-order valence-corrected chi connectivity index (χ1v) is 13.3. The molecule has 1 heterocycles. The van der Waals surface area contributed by atoms with E-state index >= 15 is 0 Å². The minimum Gasteiger partial charge on any atom is -0.496 e. The first kappa shape index (κ1) is 28.2. The lowest BCUT2D eigenvalue weighted by Crippen LogP contribution is -2.40. The molecule has 0 bridgehead atoms. The van der Waals surface area contributed by atoms with E-state index in [-0.39, 0.29) is 10.8 Å². The van der Waals surface area contributed by atoms with E-state index in [1.807, 2.05) is 32.9 Å². The number of benzene rings is 2. The van der Waals surface area contributed by atoms with Crippen molar-refractivity contribution in [2.75, 3.05) is 13.7 Å². The van der Waals surface area contributed by atoms with Gasteiger partial charge < -0.3 is 14.8 Å². The zero-order valence-corrected chi connectivity index (χ0v) is 24.2. The molecule has 0 fully saturated rings. The molecule has 1 aliphatic rings. The Balaban J connectivity index is 1.77. The Morgan fingerprint density at radius 1 is 1.08 bits per heavy atom. The summed E-state index contributed by atoms with van der Waals surface area (Å²) in [6.45, 7) is 14.5. The zero-order chi connectivity index (χ0) is 28.8. The highest BCUT2D eigenvalue weighted by Crippen LogP contribution is 2.44. The van der Waals surface area contributed by atoms with E-state index in [1.165, 1.54) is 28.0 Å². The first-order chi connectivity index (χ1) is 18.1. The lowest BCUT2D eigenvalue weighted by molar-refractivity contribution is 0.0515. The van der Waals surface area contributed by atoms with Crippen LogP contribution < -0.4 is 21.3 Å². The minimum absolute atomic E-state index is 0.212. The molecule has 8 heteroatoms. The number of fused-ring (bicyclic) bond motifs is 1. The number of rotatable bonds is 5. The molecule has 4 rings (SSSR count). The van der Waals surface area contributed by atoms with Crippen LogP contribution in [0.5, 0.6) is 5.75 Å². The standard InChI is InChI=1S/C31H39N3O5/c1-29(2,3)24-17-21(34-14-12-25(35)33-27(34)36)16-22(26(24)38-8)19-9-10-23-20(15-19)11-13-31(23,7)18-32-28(37)39-30(4,5)6/h9-10,12,14-17H,11,13,18H2,1-8H3,(H,32,37)(H,33,35,36). The Labute approximate surface area is 229 Å². The van der Waals surface area contributed by atoms with Gasteiger partial charge in [-0.2, -0.15) is 0 Å². The maximum Gasteiger partial charge on any atom is 0.407 e. The van der Waals surface area contributed by atoms with E-state index in [0.717, 1.165) is 35.3 Å². The average Bonchev–Trinajstić information content (AvgIpc) is 3.16. The largest absolute Gasteiger partial charge is 0.496 e. The van der Waals surface area contributed by atoms with Gasteiger partial charge in [-0.15, -0.1) is 0 Å². The van der Waals surface area contributed by atoms with Crippen molar-refractivity contribution in [2.24, 2.45) is 0 Å². The number of aromatic nitrogens is 2. The number of ether oxygens (including phenoxy) is 2. The van der Waals surface area contributed by atoms with Crippen molar-refractivity contribution in [2.45, 2.75) is 77.7 Å². The summed E-state index contributed by atoms with van der Waals surface area (Å²) < 4.78 is 12.8. The molecular formula is C31H39N3O5. The number of aryl methyl sites for hydroxylation is 1. The molecule has 3 aromatic rings. The van der Waals surface area contributed by atoms with Gasteiger partial charge >= 0.3 is 11.8 Å². The number of nitrogens with one attached hydrogen (secondary N) is 2. The molecule has 0 saturated carbocycles. The predicted molar refractivity (Wildman–Crippen MR) is 153 cm³/mol. The summed E-state index contributed by atoms with van der Waals surface area (Å²) in [5.74, 6) is 0.746. The van der Waals surface area contributed by atoms with Gasteiger partial charge in [-0.05, 0) is 67.9 Å². The van der Waals surface area contributed by atoms with Gasteiger partial charge in [0.2, 0.25) is 0 Å². The Morgan fingerprint density at radius 3 is 2.41 bits per heavy atom. The van der Waals surface area contributed by atoms with Gasteiger partial charge in [-0.1, -0.05) is 45.9 Å². The molecule has 2 N–H and O–H groups in total. The summed E-state index contributed by atoms with van der Waals surface area (Å²) in [6, 6.07) is 11.6. The van der Waals surface area contributed by atoms with Gasteiger partial charge in [-0.25, -0.2) is 9.59 Å². The first-order valence-electron chi connectivity index (χ1n) is 13.3. The van der Waals surface area contributed by atoms with E-state index in [2.05, 4.69) is 56.2 Å². The van der Waals surface area contributed by atoms with Crippen molar-refractivity contribution < 1.29 is 14.3 Å². The van der Waals surface area contributed by atoms with Crippen LogP contribution in [0.15, 0.2) is 52.2 Å². The summed E-state index contributed by atoms with van der Waals surface area (Å²) in [5, 5.41) is 2.95. The molecule has 2 aromatic carbocycles. The second-order valence-corrected chi connectivity index (χ2v) is 12.6. The number of H-pyrrole nitrogens is 1. The number of carbonyl (C=O) groups excluding carboxylic acids is 1. The number of carbonyl (C=O) groups is 1. The van der Waals surface area contributed by atoms with Crippen molar-refractivity contribution in [1.29, 1.82) is 0 Å². The molecule has 0 aliphatic heterocycles. The van der Waals surface area contributed by atoms with Crippen LogP contribution in [-0.2, 0) is 22.0 Å². The van der Waals surface area contributed by atoms with Gasteiger partial charge in [0.15, 0.2) is 0 Å². The van der Waals surface area contributed by atoms with E-state index in [0.29, 0.717) is 12.2 Å². The van der Waals surface area contributed by atoms with Gasteiger partial charge in [0, 0.05) is 35.3 Å². The molecule has 1 amide bonds. The number of aromatic amines is 1. The third kappa shape index (κ3) is 5.95.